The van der Waals surface area contributed by atoms with E-state index in [4.69, 9.17) is 14.2 Å². The molecule has 3 rings (SSSR count). The number of hydrogen-bond acceptors (Lipinski definition) is 5. The van der Waals surface area contributed by atoms with Crippen molar-refractivity contribution in [2.24, 2.45) is 5.92 Å². The van der Waals surface area contributed by atoms with Crippen LogP contribution in [0.2, 0.25) is 0 Å². The molecule has 0 aliphatic heterocycles. The minimum atomic E-state index is -0.203. The summed E-state index contributed by atoms with van der Waals surface area (Å²) >= 11 is 3.43. The van der Waals surface area contributed by atoms with Gasteiger partial charge in [-0.3, -0.25) is 4.79 Å². The van der Waals surface area contributed by atoms with Crippen LogP contribution in [0, 0.1) is 5.92 Å². The number of carbonyl (C=O) groups excluding carboxylic acids is 1. The Labute approximate surface area is 167 Å². The van der Waals surface area contributed by atoms with Gasteiger partial charge < -0.3 is 19.5 Å². The molecule has 0 saturated heterocycles. The number of rotatable bonds is 9. The molecule has 1 amide bonds. The van der Waals surface area contributed by atoms with Crippen LogP contribution in [0.15, 0.2) is 34.9 Å². The summed E-state index contributed by atoms with van der Waals surface area (Å²) in [5, 5.41) is 2.89. The first-order chi connectivity index (χ1) is 13.1. The highest BCUT2D eigenvalue weighted by molar-refractivity contribution is 9.10. The lowest BCUT2D eigenvalue weighted by atomic mass is 10.2. The molecule has 1 saturated carbocycles. The molecule has 0 bridgehead atoms. The Kier molecular flexibility index (Phi) is 6.55. The molecule has 1 fully saturated rings. The Hall–Kier alpha value is -2.28. The smallest absolute Gasteiger partial charge is 0.251 e. The first-order valence-electron chi connectivity index (χ1n) is 8.97. The predicted octanol–water partition coefficient (Wildman–Crippen LogP) is 3.97. The zero-order chi connectivity index (χ0) is 19.2. The number of amides is 1. The fourth-order valence-corrected chi connectivity index (χ4v) is 3.06. The number of halogens is 1. The predicted molar refractivity (Wildman–Crippen MR) is 105 cm³/mol. The standard InChI is InChI=1S/C20H23BrN2O4/c1-3-26-19-16(21)8-15(9-17(19)25-2)20(24)23-11-14-6-7-18(22-10-14)27-12-13-4-5-13/h6-10,13H,3-5,11-12H2,1-2H3,(H,23,24). The van der Waals surface area contributed by atoms with Gasteiger partial charge in [-0.25, -0.2) is 4.98 Å². The first kappa shape index (κ1) is 19.5. The highest BCUT2D eigenvalue weighted by Gasteiger charge is 2.22. The highest BCUT2D eigenvalue weighted by Crippen LogP contribution is 2.36. The number of carbonyl (C=O) groups is 1. The maximum Gasteiger partial charge on any atom is 0.251 e. The number of ether oxygens (including phenoxy) is 3. The molecular formula is C20H23BrN2O4. The van der Waals surface area contributed by atoms with Crippen LogP contribution in [-0.2, 0) is 6.54 Å². The van der Waals surface area contributed by atoms with Crippen LogP contribution >= 0.6 is 15.9 Å². The first-order valence-corrected chi connectivity index (χ1v) is 9.76. The third kappa shape index (κ3) is 5.35. The number of nitrogens with zero attached hydrogens (tertiary/aromatic N) is 1. The summed E-state index contributed by atoms with van der Waals surface area (Å²) < 4.78 is 17.2. The van der Waals surface area contributed by atoms with Crippen molar-refractivity contribution in [3.05, 3.63) is 46.1 Å². The minimum Gasteiger partial charge on any atom is -0.493 e. The summed E-state index contributed by atoms with van der Waals surface area (Å²) in [5.74, 6) is 2.21. The Balaban J connectivity index is 1.59. The van der Waals surface area contributed by atoms with E-state index in [1.165, 1.54) is 12.8 Å². The van der Waals surface area contributed by atoms with E-state index in [-0.39, 0.29) is 5.91 Å². The van der Waals surface area contributed by atoms with Crippen LogP contribution in [-0.4, -0.2) is 31.2 Å². The summed E-state index contributed by atoms with van der Waals surface area (Å²) in [6.45, 7) is 3.51. The zero-order valence-corrected chi connectivity index (χ0v) is 17.0. The van der Waals surface area contributed by atoms with E-state index >= 15 is 0 Å². The average Bonchev–Trinajstić information content (AvgIpc) is 3.51. The van der Waals surface area contributed by atoms with Gasteiger partial charge in [0.25, 0.3) is 5.91 Å². The van der Waals surface area contributed by atoms with E-state index in [1.807, 2.05) is 19.1 Å². The Morgan fingerprint density at radius 2 is 2.11 bits per heavy atom. The van der Waals surface area contributed by atoms with Gasteiger partial charge in [0, 0.05) is 24.4 Å². The van der Waals surface area contributed by atoms with E-state index in [2.05, 4.69) is 26.2 Å². The van der Waals surface area contributed by atoms with Gasteiger partial charge >= 0.3 is 0 Å². The molecule has 144 valence electrons. The molecule has 1 aromatic carbocycles. The lowest BCUT2D eigenvalue weighted by Gasteiger charge is -2.13. The number of hydrogen-bond donors (Lipinski definition) is 1. The lowest BCUT2D eigenvalue weighted by Crippen LogP contribution is -2.23. The third-order valence-corrected chi connectivity index (χ3v) is 4.78. The van der Waals surface area contributed by atoms with Crippen molar-refractivity contribution < 1.29 is 19.0 Å². The van der Waals surface area contributed by atoms with Crippen LogP contribution in [0.5, 0.6) is 17.4 Å². The normalized spacial score (nSPS) is 13.1. The zero-order valence-electron chi connectivity index (χ0n) is 15.5. The summed E-state index contributed by atoms with van der Waals surface area (Å²) in [4.78, 5) is 16.8. The van der Waals surface area contributed by atoms with Crippen LogP contribution in [0.1, 0.15) is 35.7 Å². The Morgan fingerprint density at radius 1 is 1.30 bits per heavy atom. The quantitative estimate of drug-likeness (QED) is 0.646. The van der Waals surface area contributed by atoms with Crippen molar-refractivity contribution in [3.63, 3.8) is 0 Å². The van der Waals surface area contributed by atoms with Gasteiger partial charge in [-0.15, -0.1) is 0 Å². The van der Waals surface area contributed by atoms with E-state index in [0.29, 0.717) is 46.5 Å². The van der Waals surface area contributed by atoms with Crippen molar-refractivity contribution >= 4 is 21.8 Å². The Bertz CT molecular complexity index is 791. The lowest BCUT2D eigenvalue weighted by molar-refractivity contribution is 0.0950. The molecule has 1 heterocycles. The Morgan fingerprint density at radius 3 is 2.74 bits per heavy atom. The second-order valence-corrected chi connectivity index (χ2v) is 7.22. The van der Waals surface area contributed by atoms with Crippen LogP contribution in [0.4, 0.5) is 0 Å². The molecule has 0 spiro atoms. The molecule has 1 aliphatic rings. The number of benzene rings is 1. The number of methoxy groups -OCH3 is 1. The maximum absolute atomic E-state index is 12.5. The fraction of sp³-hybridized carbons (Fsp3) is 0.400. The molecule has 1 aromatic heterocycles. The monoisotopic (exact) mass is 434 g/mol. The van der Waals surface area contributed by atoms with Gasteiger partial charge in [0.15, 0.2) is 11.5 Å². The molecule has 7 heteroatoms. The van der Waals surface area contributed by atoms with Crippen LogP contribution in [0.25, 0.3) is 0 Å². The second kappa shape index (κ2) is 9.08. The van der Waals surface area contributed by atoms with Gasteiger partial charge in [-0.05, 0) is 59.3 Å². The van der Waals surface area contributed by atoms with Gasteiger partial charge in [0.05, 0.1) is 24.8 Å². The minimum absolute atomic E-state index is 0.203. The van der Waals surface area contributed by atoms with E-state index in [0.717, 1.165) is 12.2 Å². The summed E-state index contributed by atoms with van der Waals surface area (Å²) in [5.41, 5.74) is 1.39. The van der Waals surface area contributed by atoms with Crippen molar-refractivity contribution in [2.75, 3.05) is 20.3 Å². The number of nitrogens with one attached hydrogen (secondary N) is 1. The fourth-order valence-electron chi connectivity index (χ4n) is 2.51. The van der Waals surface area contributed by atoms with E-state index in [9.17, 15) is 4.79 Å². The van der Waals surface area contributed by atoms with Gasteiger partial charge in [-0.1, -0.05) is 6.07 Å². The third-order valence-electron chi connectivity index (χ3n) is 4.19. The molecule has 27 heavy (non-hydrogen) atoms. The maximum atomic E-state index is 12.5. The highest BCUT2D eigenvalue weighted by atomic mass is 79.9. The van der Waals surface area contributed by atoms with Crippen molar-refractivity contribution in [1.29, 1.82) is 0 Å². The van der Waals surface area contributed by atoms with E-state index < -0.39 is 0 Å². The summed E-state index contributed by atoms with van der Waals surface area (Å²) in [6.07, 6.45) is 4.21. The second-order valence-electron chi connectivity index (χ2n) is 6.36. The summed E-state index contributed by atoms with van der Waals surface area (Å²) in [7, 11) is 1.55. The van der Waals surface area contributed by atoms with Crippen molar-refractivity contribution in [1.82, 2.24) is 10.3 Å². The molecule has 1 N–H and O–H groups in total. The molecule has 2 aromatic rings. The number of pyridine rings is 1. The van der Waals surface area contributed by atoms with Crippen LogP contribution < -0.4 is 19.5 Å². The van der Waals surface area contributed by atoms with Gasteiger partial charge in [-0.2, -0.15) is 0 Å². The van der Waals surface area contributed by atoms with Crippen molar-refractivity contribution in [3.8, 4) is 17.4 Å². The number of aromatic nitrogens is 1. The van der Waals surface area contributed by atoms with Gasteiger partial charge in [0.1, 0.15) is 0 Å². The van der Waals surface area contributed by atoms with Gasteiger partial charge in [0.2, 0.25) is 5.88 Å². The summed E-state index contributed by atoms with van der Waals surface area (Å²) in [6, 6.07) is 7.12. The molecule has 6 nitrogen and oxygen atoms in total. The molecule has 1 aliphatic carbocycles. The van der Waals surface area contributed by atoms with E-state index in [1.54, 1.807) is 25.4 Å². The molecule has 0 radical (unpaired) electrons. The SMILES string of the molecule is CCOc1c(Br)cc(C(=O)NCc2ccc(OCC3CC3)nc2)cc1OC. The van der Waals surface area contributed by atoms with Crippen molar-refractivity contribution in [2.45, 2.75) is 26.3 Å². The molecule has 0 atom stereocenters. The largest absolute Gasteiger partial charge is 0.493 e. The average molecular weight is 435 g/mol. The molecular weight excluding hydrogens is 412 g/mol. The molecule has 0 unspecified atom stereocenters. The van der Waals surface area contributed by atoms with Crippen LogP contribution in [0.3, 0.4) is 0 Å². The topological polar surface area (TPSA) is 69.7 Å².